The maximum absolute atomic E-state index is 5.86. The van der Waals surface area contributed by atoms with Crippen LogP contribution in [0.3, 0.4) is 0 Å². The molecular weight excluding hydrogens is 358 g/mol. The summed E-state index contributed by atoms with van der Waals surface area (Å²) < 4.78 is 6.99. The first-order valence-electron chi connectivity index (χ1n) is 6.53. The first-order valence-corrected chi connectivity index (χ1v) is 8.52. The molecule has 0 fully saturated rings. The van der Waals surface area contributed by atoms with E-state index in [1.54, 1.807) is 11.3 Å². The van der Waals surface area contributed by atoms with Gasteiger partial charge in [0.15, 0.2) is 0 Å². The molecule has 0 radical (unpaired) electrons. The molecule has 1 aromatic carbocycles. The second-order valence-electron chi connectivity index (χ2n) is 4.43. The molecule has 2 rings (SSSR count). The molecule has 20 heavy (non-hydrogen) atoms. The third kappa shape index (κ3) is 5.09. The van der Waals surface area contributed by atoms with Crippen molar-refractivity contribution >= 4 is 38.9 Å². The van der Waals surface area contributed by atoms with Gasteiger partial charge in [-0.25, -0.2) is 0 Å². The summed E-state index contributed by atoms with van der Waals surface area (Å²) in [6, 6.07) is 12.0. The number of halogens is 2. The summed E-state index contributed by atoms with van der Waals surface area (Å²) in [6.45, 7) is 3.69. The highest BCUT2D eigenvalue weighted by Gasteiger charge is 2.11. The summed E-state index contributed by atoms with van der Waals surface area (Å²) in [5.74, 6) is 0.852. The Morgan fingerprint density at radius 2 is 2.00 bits per heavy atom. The SMILES string of the molecule is CCNC(COc1ccc(Cl)cc1)Cc1ccc(Br)s1. The molecule has 1 heterocycles. The van der Waals surface area contributed by atoms with Crippen molar-refractivity contribution in [3.05, 3.63) is 50.1 Å². The first kappa shape index (κ1) is 15.8. The lowest BCUT2D eigenvalue weighted by Gasteiger charge is -2.18. The van der Waals surface area contributed by atoms with Crippen LogP contribution in [0.5, 0.6) is 5.75 Å². The van der Waals surface area contributed by atoms with Crippen LogP contribution >= 0.6 is 38.9 Å². The van der Waals surface area contributed by atoms with Gasteiger partial charge < -0.3 is 10.1 Å². The second kappa shape index (κ2) is 8.03. The van der Waals surface area contributed by atoms with E-state index in [-0.39, 0.29) is 0 Å². The number of hydrogen-bond donors (Lipinski definition) is 1. The van der Waals surface area contributed by atoms with Crippen LogP contribution in [0.4, 0.5) is 0 Å². The molecule has 1 unspecified atom stereocenters. The Balaban J connectivity index is 1.90. The quantitative estimate of drug-likeness (QED) is 0.754. The van der Waals surface area contributed by atoms with Gasteiger partial charge in [-0.2, -0.15) is 0 Å². The minimum absolute atomic E-state index is 0.307. The molecule has 0 bridgehead atoms. The molecule has 0 amide bonds. The van der Waals surface area contributed by atoms with Crippen LogP contribution in [0.1, 0.15) is 11.8 Å². The van der Waals surface area contributed by atoms with Gasteiger partial charge in [0.2, 0.25) is 0 Å². The predicted molar refractivity (Wildman–Crippen MR) is 90.1 cm³/mol. The largest absolute Gasteiger partial charge is 0.492 e. The zero-order valence-electron chi connectivity index (χ0n) is 11.2. The van der Waals surface area contributed by atoms with E-state index in [0.717, 1.165) is 23.7 Å². The molecule has 1 atom stereocenters. The zero-order valence-corrected chi connectivity index (χ0v) is 14.4. The van der Waals surface area contributed by atoms with Gasteiger partial charge in [0, 0.05) is 22.4 Å². The Hall–Kier alpha value is -0.550. The standard InChI is InChI=1S/C15H17BrClNOS/c1-2-18-12(9-14-7-8-15(16)20-14)10-19-13-5-3-11(17)4-6-13/h3-8,12,18H,2,9-10H2,1H3. The zero-order chi connectivity index (χ0) is 14.4. The molecule has 0 saturated heterocycles. The summed E-state index contributed by atoms with van der Waals surface area (Å²) in [5, 5.41) is 4.19. The fourth-order valence-electron chi connectivity index (χ4n) is 1.91. The molecule has 0 aliphatic heterocycles. The van der Waals surface area contributed by atoms with Gasteiger partial charge in [0.25, 0.3) is 0 Å². The number of thiophene rings is 1. The molecule has 1 N–H and O–H groups in total. The average Bonchev–Trinajstić information content (AvgIpc) is 2.83. The van der Waals surface area contributed by atoms with Gasteiger partial charge >= 0.3 is 0 Å². The molecule has 2 aromatic rings. The van der Waals surface area contributed by atoms with Crippen molar-refractivity contribution in [3.63, 3.8) is 0 Å². The molecule has 0 aliphatic rings. The van der Waals surface area contributed by atoms with Crippen molar-refractivity contribution < 1.29 is 4.74 Å². The number of ether oxygens (including phenoxy) is 1. The first-order chi connectivity index (χ1) is 9.67. The van der Waals surface area contributed by atoms with Crippen molar-refractivity contribution in [3.8, 4) is 5.75 Å². The summed E-state index contributed by atoms with van der Waals surface area (Å²) >= 11 is 11.1. The Kier molecular flexibility index (Phi) is 6.36. The smallest absolute Gasteiger partial charge is 0.119 e. The van der Waals surface area contributed by atoms with Crippen LogP contribution in [0.2, 0.25) is 5.02 Å². The van der Waals surface area contributed by atoms with Crippen molar-refractivity contribution in [2.24, 2.45) is 0 Å². The summed E-state index contributed by atoms with van der Waals surface area (Å²) in [5.41, 5.74) is 0. The summed E-state index contributed by atoms with van der Waals surface area (Å²) in [6.07, 6.45) is 0.970. The van der Waals surface area contributed by atoms with Crippen molar-refractivity contribution in [2.45, 2.75) is 19.4 Å². The minimum Gasteiger partial charge on any atom is -0.492 e. The maximum Gasteiger partial charge on any atom is 0.119 e. The number of likely N-dealkylation sites (N-methyl/N-ethyl adjacent to an activating group) is 1. The van der Waals surface area contributed by atoms with Gasteiger partial charge in [-0.1, -0.05) is 18.5 Å². The van der Waals surface area contributed by atoms with Crippen molar-refractivity contribution in [1.29, 1.82) is 0 Å². The van der Waals surface area contributed by atoms with Crippen molar-refractivity contribution in [1.82, 2.24) is 5.32 Å². The lowest BCUT2D eigenvalue weighted by Crippen LogP contribution is -2.36. The average molecular weight is 375 g/mol. The lowest BCUT2D eigenvalue weighted by molar-refractivity contribution is 0.265. The monoisotopic (exact) mass is 373 g/mol. The molecule has 2 nitrogen and oxygen atoms in total. The van der Waals surface area contributed by atoms with E-state index in [9.17, 15) is 0 Å². The fourth-order valence-corrected chi connectivity index (χ4v) is 3.60. The molecule has 108 valence electrons. The van der Waals surface area contributed by atoms with Gasteiger partial charge in [-0.3, -0.25) is 0 Å². The number of nitrogens with one attached hydrogen (secondary N) is 1. The van der Waals surface area contributed by atoms with Crippen LogP contribution in [0, 0.1) is 0 Å². The molecule has 1 aromatic heterocycles. The number of rotatable bonds is 7. The third-order valence-electron chi connectivity index (χ3n) is 2.83. The highest BCUT2D eigenvalue weighted by Crippen LogP contribution is 2.23. The van der Waals surface area contributed by atoms with E-state index in [2.05, 4.69) is 40.3 Å². The lowest BCUT2D eigenvalue weighted by atomic mass is 10.2. The van der Waals surface area contributed by atoms with Crippen LogP contribution in [0.15, 0.2) is 40.2 Å². The normalized spacial score (nSPS) is 12.3. The summed E-state index contributed by atoms with van der Waals surface area (Å²) in [7, 11) is 0. The third-order valence-corrected chi connectivity index (χ3v) is 4.73. The Morgan fingerprint density at radius 3 is 2.60 bits per heavy atom. The highest BCUT2D eigenvalue weighted by atomic mass is 79.9. The Labute approximate surface area is 137 Å². The number of benzene rings is 1. The predicted octanol–water partition coefficient (Wildman–Crippen LogP) is 4.76. The van der Waals surface area contributed by atoms with Crippen molar-refractivity contribution in [2.75, 3.05) is 13.2 Å². The van der Waals surface area contributed by atoms with E-state index >= 15 is 0 Å². The Morgan fingerprint density at radius 1 is 1.25 bits per heavy atom. The molecular formula is C15H17BrClNOS. The topological polar surface area (TPSA) is 21.3 Å². The van der Waals surface area contributed by atoms with Gasteiger partial charge in [0.05, 0.1) is 3.79 Å². The van der Waals surface area contributed by atoms with Crippen LogP contribution in [-0.2, 0) is 6.42 Å². The van der Waals surface area contributed by atoms with E-state index in [1.165, 1.54) is 8.66 Å². The molecule has 0 aliphatic carbocycles. The van der Waals surface area contributed by atoms with E-state index < -0.39 is 0 Å². The molecule has 5 heteroatoms. The molecule has 0 saturated carbocycles. The van der Waals surface area contributed by atoms with Crippen LogP contribution < -0.4 is 10.1 Å². The number of hydrogen-bond acceptors (Lipinski definition) is 3. The van der Waals surface area contributed by atoms with E-state index in [4.69, 9.17) is 16.3 Å². The second-order valence-corrected chi connectivity index (χ2v) is 7.41. The Bertz CT molecular complexity index is 529. The van der Waals surface area contributed by atoms with E-state index in [0.29, 0.717) is 12.6 Å². The van der Waals surface area contributed by atoms with Gasteiger partial charge in [-0.05, 0) is 58.9 Å². The fraction of sp³-hybridized carbons (Fsp3) is 0.333. The molecule has 0 spiro atoms. The summed E-state index contributed by atoms with van der Waals surface area (Å²) in [4.78, 5) is 1.35. The minimum atomic E-state index is 0.307. The van der Waals surface area contributed by atoms with Crippen LogP contribution in [-0.4, -0.2) is 19.2 Å². The highest BCUT2D eigenvalue weighted by molar-refractivity contribution is 9.11. The van der Waals surface area contributed by atoms with Crippen LogP contribution in [0.25, 0.3) is 0 Å². The van der Waals surface area contributed by atoms with Gasteiger partial charge in [-0.15, -0.1) is 11.3 Å². The maximum atomic E-state index is 5.86. The van der Waals surface area contributed by atoms with E-state index in [1.807, 2.05) is 24.3 Å². The van der Waals surface area contributed by atoms with Gasteiger partial charge in [0.1, 0.15) is 12.4 Å².